The molecular weight excluding hydrogens is 260 g/mol. The number of benzene rings is 2. The smallest absolute Gasteiger partial charge is 0.101 e. The monoisotopic (exact) mass is 272 g/mol. The van der Waals surface area contributed by atoms with Crippen LogP contribution >= 0.6 is 0 Å². The minimum absolute atomic E-state index is 0.903. The first kappa shape index (κ1) is 11.8. The molecule has 2 heterocycles. The SMILES string of the molecule is c1ccc2c(-c3ccc(-n4cccn4)cc3)nncc2c1. The normalized spacial score (nSPS) is 10.9. The quantitative estimate of drug-likeness (QED) is 0.561. The zero-order chi connectivity index (χ0) is 14.1. The fraction of sp³-hybridized carbons (Fsp3) is 0. The van der Waals surface area contributed by atoms with Crippen molar-refractivity contribution in [3.63, 3.8) is 0 Å². The molecule has 2 aromatic heterocycles. The zero-order valence-corrected chi connectivity index (χ0v) is 11.2. The molecule has 0 atom stereocenters. The highest BCUT2D eigenvalue weighted by atomic mass is 15.3. The van der Waals surface area contributed by atoms with E-state index in [2.05, 4.69) is 21.4 Å². The van der Waals surface area contributed by atoms with Gasteiger partial charge in [-0.15, -0.1) is 5.10 Å². The molecule has 0 amide bonds. The van der Waals surface area contributed by atoms with Crippen molar-refractivity contribution >= 4 is 10.8 Å². The molecule has 0 unspecified atom stereocenters. The van der Waals surface area contributed by atoms with Gasteiger partial charge in [0.15, 0.2) is 0 Å². The predicted molar refractivity (Wildman–Crippen MR) is 82.1 cm³/mol. The Morgan fingerprint density at radius 1 is 0.857 bits per heavy atom. The van der Waals surface area contributed by atoms with Crippen LogP contribution in [0.5, 0.6) is 0 Å². The first-order valence-electron chi connectivity index (χ1n) is 6.73. The van der Waals surface area contributed by atoms with Crippen LogP contribution < -0.4 is 0 Å². The fourth-order valence-electron chi connectivity index (χ4n) is 2.43. The average Bonchev–Trinajstić information content (AvgIpc) is 3.09. The summed E-state index contributed by atoms with van der Waals surface area (Å²) < 4.78 is 1.83. The lowest BCUT2D eigenvalue weighted by Crippen LogP contribution is -1.94. The topological polar surface area (TPSA) is 43.6 Å². The van der Waals surface area contributed by atoms with Crippen molar-refractivity contribution in [2.45, 2.75) is 0 Å². The van der Waals surface area contributed by atoms with E-state index in [0.29, 0.717) is 0 Å². The number of aromatic nitrogens is 4. The van der Waals surface area contributed by atoms with Gasteiger partial charge in [0.05, 0.1) is 11.9 Å². The minimum atomic E-state index is 0.903. The van der Waals surface area contributed by atoms with E-state index in [1.165, 1.54) is 0 Å². The highest BCUT2D eigenvalue weighted by molar-refractivity contribution is 5.93. The Hall–Kier alpha value is -3.01. The second-order valence-corrected chi connectivity index (χ2v) is 4.78. The molecule has 0 radical (unpaired) electrons. The maximum absolute atomic E-state index is 4.30. The van der Waals surface area contributed by atoms with Gasteiger partial charge < -0.3 is 0 Å². The summed E-state index contributed by atoms with van der Waals surface area (Å²) in [5.74, 6) is 0. The van der Waals surface area contributed by atoms with E-state index >= 15 is 0 Å². The summed E-state index contributed by atoms with van der Waals surface area (Å²) in [6.07, 6.45) is 5.48. The number of fused-ring (bicyclic) bond motifs is 1. The molecule has 0 fully saturated rings. The molecule has 0 aliphatic rings. The first-order chi connectivity index (χ1) is 10.4. The molecule has 4 nitrogen and oxygen atoms in total. The molecule has 0 aliphatic heterocycles. The molecule has 0 saturated carbocycles. The molecule has 21 heavy (non-hydrogen) atoms. The van der Waals surface area contributed by atoms with Crippen molar-refractivity contribution in [3.05, 3.63) is 73.2 Å². The molecule has 0 bridgehead atoms. The van der Waals surface area contributed by atoms with Crippen molar-refractivity contribution in [2.24, 2.45) is 0 Å². The molecule has 0 saturated heterocycles. The summed E-state index contributed by atoms with van der Waals surface area (Å²) in [5.41, 5.74) is 2.98. The summed E-state index contributed by atoms with van der Waals surface area (Å²) in [5, 5.41) is 14.8. The van der Waals surface area contributed by atoms with Crippen molar-refractivity contribution in [2.75, 3.05) is 0 Å². The summed E-state index contributed by atoms with van der Waals surface area (Å²) in [7, 11) is 0. The Morgan fingerprint density at radius 3 is 2.52 bits per heavy atom. The van der Waals surface area contributed by atoms with Gasteiger partial charge in [-0.2, -0.15) is 10.2 Å². The maximum atomic E-state index is 4.30. The van der Waals surface area contributed by atoms with Crippen LogP contribution in [0.2, 0.25) is 0 Å². The highest BCUT2D eigenvalue weighted by Gasteiger charge is 2.06. The van der Waals surface area contributed by atoms with E-state index in [0.717, 1.165) is 27.7 Å². The van der Waals surface area contributed by atoms with Crippen LogP contribution in [0, 0.1) is 0 Å². The molecule has 2 aromatic carbocycles. The largest absolute Gasteiger partial charge is 0.241 e. The molecular formula is C17H12N4. The van der Waals surface area contributed by atoms with Gasteiger partial charge in [-0.05, 0) is 18.2 Å². The Bertz CT molecular complexity index is 875. The van der Waals surface area contributed by atoms with Crippen LogP contribution in [0.1, 0.15) is 0 Å². The van der Waals surface area contributed by atoms with E-state index in [1.807, 2.05) is 59.4 Å². The van der Waals surface area contributed by atoms with Gasteiger partial charge in [-0.1, -0.05) is 36.4 Å². The van der Waals surface area contributed by atoms with E-state index < -0.39 is 0 Å². The van der Waals surface area contributed by atoms with Gasteiger partial charge in [0.25, 0.3) is 0 Å². The Kier molecular flexibility index (Phi) is 2.71. The van der Waals surface area contributed by atoms with E-state index in [4.69, 9.17) is 0 Å². The van der Waals surface area contributed by atoms with Gasteiger partial charge in [0.1, 0.15) is 5.69 Å². The van der Waals surface area contributed by atoms with Crippen molar-refractivity contribution < 1.29 is 0 Å². The third-order valence-electron chi connectivity index (χ3n) is 3.48. The van der Waals surface area contributed by atoms with Crippen LogP contribution in [0.3, 0.4) is 0 Å². The third kappa shape index (κ3) is 2.07. The molecule has 0 aliphatic carbocycles. The second-order valence-electron chi connectivity index (χ2n) is 4.78. The minimum Gasteiger partial charge on any atom is -0.241 e. The van der Waals surface area contributed by atoms with E-state index in [-0.39, 0.29) is 0 Å². The molecule has 4 rings (SSSR count). The number of hydrogen-bond donors (Lipinski definition) is 0. The van der Waals surface area contributed by atoms with E-state index in [1.54, 1.807) is 12.4 Å². The van der Waals surface area contributed by atoms with Gasteiger partial charge in [0.2, 0.25) is 0 Å². The standard InChI is InChI=1S/C17H12N4/c1-2-5-16-14(4-1)12-18-20-17(16)13-6-8-15(9-7-13)21-11-3-10-19-21/h1-12H. The van der Waals surface area contributed by atoms with Gasteiger partial charge in [-0.25, -0.2) is 4.68 Å². The third-order valence-corrected chi connectivity index (χ3v) is 3.48. The lowest BCUT2D eigenvalue weighted by atomic mass is 10.1. The van der Waals surface area contributed by atoms with Crippen LogP contribution in [-0.4, -0.2) is 20.0 Å². The highest BCUT2D eigenvalue weighted by Crippen LogP contribution is 2.26. The van der Waals surface area contributed by atoms with E-state index in [9.17, 15) is 0 Å². The second kappa shape index (κ2) is 4.83. The Morgan fingerprint density at radius 2 is 1.71 bits per heavy atom. The summed E-state index contributed by atoms with van der Waals surface area (Å²) >= 11 is 0. The molecule has 0 N–H and O–H groups in total. The number of rotatable bonds is 2. The van der Waals surface area contributed by atoms with Crippen LogP contribution in [0.4, 0.5) is 0 Å². The average molecular weight is 272 g/mol. The fourth-order valence-corrected chi connectivity index (χ4v) is 2.43. The number of nitrogens with zero attached hydrogens (tertiary/aromatic N) is 4. The summed E-state index contributed by atoms with van der Waals surface area (Å²) in [4.78, 5) is 0. The van der Waals surface area contributed by atoms with Crippen molar-refractivity contribution in [3.8, 4) is 16.9 Å². The molecule has 4 aromatic rings. The summed E-state index contributed by atoms with van der Waals surface area (Å²) in [6.45, 7) is 0. The maximum Gasteiger partial charge on any atom is 0.101 e. The first-order valence-corrected chi connectivity index (χ1v) is 6.73. The lowest BCUT2D eigenvalue weighted by Gasteiger charge is -2.06. The molecule has 0 spiro atoms. The van der Waals surface area contributed by atoms with Crippen LogP contribution in [0.25, 0.3) is 27.7 Å². The van der Waals surface area contributed by atoms with Crippen molar-refractivity contribution in [1.29, 1.82) is 0 Å². The van der Waals surface area contributed by atoms with Crippen molar-refractivity contribution in [1.82, 2.24) is 20.0 Å². The Labute approximate surface area is 121 Å². The van der Waals surface area contributed by atoms with Crippen LogP contribution in [0.15, 0.2) is 73.2 Å². The zero-order valence-electron chi connectivity index (χ0n) is 11.2. The number of hydrogen-bond acceptors (Lipinski definition) is 3. The van der Waals surface area contributed by atoms with Gasteiger partial charge in [-0.3, -0.25) is 0 Å². The Balaban J connectivity index is 1.82. The van der Waals surface area contributed by atoms with Gasteiger partial charge in [0, 0.05) is 28.7 Å². The van der Waals surface area contributed by atoms with Crippen LogP contribution in [-0.2, 0) is 0 Å². The summed E-state index contributed by atoms with van der Waals surface area (Å²) in [6, 6.07) is 18.2. The molecule has 100 valence electrons. The van der Waals surface area contributed by atoms with Gasteiger partial charge >= 0.3 is 0 Å². The molecule has 4 heteroatoms. The lowest BCUT2D eigenvalue weighted by molar-refractivity contribution is 0.880. The predicted octanol–water partition coefficient (Wildman–Crippen LogP) is 3.48.